The molecule has 2 aliphatic rings. The summed E-state index contributed by atoms with van der Waals surface area (Å²) in [6.45, 7) is 4.34. The smallest absolute Gasteiger partial charge is 0.145 e. The van der Waals surface area contributed by atoms with Gasteiger partial charge in [-0.3, -0.25) is 0 Å². The number of benzene rings is 9. The zero-order valence-corrected chi connectivity index (χ0v) is 37.4. The molecule has 2 aromatic heterocycles. The molecule has 4 nitrogen and oxygen atoms in total. The highest BCUT2D eigenvalue weighted by Gasteiger charge is 2.53. The van der Waals surface area contributed by atoms with Gasteiger partial charge >= 0.3 is 0 Å². The Kier molecular flexibility index (Phi) is 8.97. The Hall–Kier alpha value is -8.34. The summed E-state index contributed by atoms with van der Waals surface area (Å²) in [7, 11) is 0. The summed E-state index contributed by atoms with van der Waals surface area (Å²) >= 11 is 0. The molecule has 1 atom stereocenters. The van der Waals surface area contributed by atoms with Crippen molar-refractivity contribution in [1.29, 1.82) is 0 Å². The second kappa shape index (κ2) is 15.4. The molecule has 9 aromatic carbocycles. The second-order valence-corrected chi connectivity index (χ2v) is 18.1. The second-order valence-electron chi connectivity index (χ2n) is 18.1. The molecule has 4 heteroatoms. The summed E-state index contributed by atoms with van der Waals surface area (Å²) in [5.41, 5.74) is 17.2. The molecule has 67 heavy (non-hydrogen) atoms. The van der Waals surface area contributed by atoms with Gasteiger partial charge in [-0.15, -0.1) is 0 Å². The molecule has 0 spiro atoms. The van der Waals surface area contributed by atoms with E-state index in [0.717, 1.165) is 95.5 Å². The lowest BCUT2D eigenvalue weighted by Gasteiger charge is -2.40. The van der Waals surface area contributed by atoms with Gasteiger partial charge in [0.15, 0.2) is 0 Å². The van der Waals surface area contributed by atoms with Gasteiger partial charge < -0.3 is 18.6 Å². The zero-order valence-electron chi connectivity index (χ0n) is 37.4. The van der Waals surface area contributed by atoms with E-state index in [0.29, 0.717) is 0 Å². The fourth-order valence-electron chi connectivity index (χ4n) is 11.4. The standard InChI is InChI=1S/C63H46N2O2/c1-41-21-19-31-47(37-41)64(45-27-11-5-12-28-45)53-39-51-59(61-57(53)49-33-15-17-35-55(49)66-61)60-52(63(51,43-23-7-3-8-24-43)44-25-9-4-10-26-44)40-54(58-50-34-16-18-36-56(50)67-62(58)60)65(46-29-13-6-14-30-46)48-32-20-22-42(2)38-48/h3-25,27-40,44H,26H2,1-2H3. The molecule has 320 valence electrons. The van der Waals surface area contributed by atoms with Crippen LogP contribution >= 0.6 is 0 Å². The SMILES string of the molecule is Cc1cccc(N(c2ccccc2)c2cc3c(c4oc5ccccc5c24)-c2c(cc(N(c4ccccc4)c4cccc(C)c4)c4c2oc2ccccc24)C3(c2ccccc2)C2C=CC=CC2)c1. The highest BCUT2D eigenvalue weighted by molar-refractivity contribution is 6.24. The van der Waals surface area contributed by atoms with Crippen LogP contribution in [0.4, 0.5) is 34.1 Å². The lowest BCUT2D eigenvalue weighted by molar-refractivity contribution is 0.457. The molecule has 0 fully saturated rings. The van der Waals surface area contributed by atoms with E-state index >= 15 is 0 Å². The molecule has 11 aromatic rings. The molecule has 0 N–H and O–H groups in total. The maximum absolute atomic E-state index is 7.40. The largest absolute Gasteiger partial charge is 0.455 e. The first-order chi connectivity index (χ1) is 33.1. The number of rotatable bonds is 8. The van der Waals surface area contributed by atoms with E-state index in [1.807, 2.05) is 0 Å². The van der Waals surface area contributed by atoms with Crippen LogP contribution in [0.25, 0.3) is 55.0 Å². The van der Waals surface area contributed by atoms with Gasteiger partial charge in [0.05, 0.1) is 27.6 Å². The molecule has 0 radical (unpaired) electrons. The molecular weight excluding hydrogens is 817 g/mol. The van der Waals surface area contributed by atoms with Gasteiger partial charge in [0, 0.05) is 44.6 Å². The number of hydrogen-bond acceptors (Lipinski definition) is 4. The lowest BCUT2D eigenvalue weighted by Crippen LogP contribution is -2.36. The van der Waals surface area contributed by atoms with Crippen molar-refractivity contribution in [2.75, 3.05) is 9.80 Å². The lowest BCUT2D eigenvalue weighted by atomic mass is 9.62. The minimum Gasteiger partial charge on any atom is -0.455 e. The van der Waals surface area contributed by atoms with E-state index < -0.39 is 5.41 Å². The van der Waals surface area contributed by atoms with E-state index in [-0.39, 0.29) is 5.92 Å². The van der Waals surface area contributed by atoms with Crippen molar-refractivity contribution in [2.24, 2.45) is 5.92 Å². The van der Waals surface area contributed by atoms with Crippen molar-refractivity contribution in [3.8, 4) is 11.1 Å². The van der Waals surface area contributed by atoms with Crippen molar-refractivity contribution in [2.45, 2.75) is 25.7 Å². The van der Waals surface area contributed by atoms with Gasteiger partial charge in [-0.25, -0.2) is 0 Å². The summed E-state index contributed by atoms with van der Waals surface area (Å²) in [6.07, 6.45) is 10.0. The number of hydrogen-bond donors (Lipinski definition) is 0. The summed E-state index contributed by atoms with van der Waals surface area (Å²) in [5.74, 6) is 0.0255. The Labute approximate surface area is 390 Å². The van der Waals surface area contributed by atoms with E-state index in [2.05, 4.69) is 248 Å². The minimum atomic E-state index is -0.707. The number of para-hydroxylation sites is 4. The Morgan fingerprint density at radius 2 is 0.896 bits per heavy atom. The van der Waals surface area contributed by atoms with Crippen molar-refractivity contribution in [3.05, 3.63) is 252 Å². The molecule has 1 unspecified atom stereocenters. The number of furan rings is 2. The third-order valence-electron chi connectivity index (χ3n) is 14.2. The van der Waals surface area contributed by atoms with E-state index in [4.69, 9.17) is 8.83 Å². The Bertz CT molecular complexity index is 3550. The van der Waals surface area contributed by atoms with Gasteiger partial charge in [0.1, 0.15) is 22.3 Å². The average molecular weight is 863 g/mol. The van der Waals surface area contributed by atoms with Crippen LogP contribution in [0.2, 0.25) is 0 Å². The van der Waals surface area contributed by atoms with Crippen LogP contribution in [0.3, 0.4) is 0 Å². The number of allylic oxidation sites excluding steroid dienone is 4. The van der Waals surface area contributed by atoms with Crippen LogP contribution < -0.4 is 9.80 Å². The van der Waals surface area contributed by atoms with Crippen LogP contribution in [-0.2, 0) is 5.41 Å². The molecule has 2 heterocycles. The molecule has 0 saturated carbocycles. The Morgan fingerprint density at radius 1 is 0.448 bits per heavy atom. The van der Waals surface area contributed by atoms with Crippen molar-refractivity contribution >= 4 is 78.0 Å². The molecule has 0 saturated heterocycles. The monoisotopic (exact) mass is 862 g/mol. The minimum absolute atomic E-state index is 0.0255. The van der Waals surface area contributed by atoms with Crippen LogP contribution in [0.5, 0.6) is 0 Å². The number of anilines is 6. The van der Waals surface area contributed by atoms with Gasteiger partial charge in [-0.2, -0.15) is 0 Å². The van der Waals surface area contributed by atoms with E-state index in [9.17, 15) is 0 Å². The molecule has 0 amide bonds. The highest BCUT2D eigenvalue weighted by Crippen LogP contribution is 2.65. The predicted octanol–water partition coefficient (Wildman–Crippen LogP) is 17.5. The Morgan fingerprint density at radius 3 is 1.36 bits per heavy atom. The first-order valence-corrected chi connectivity index (χ1v) is 23.3. The predicted molar refractivity (Wildman–Crippen MR) is 278 cm³/mol. The van der Waals surface area contributed by atoms with Crippen LogP contribution in [0.15, 0.2) is 233 Å². The zero-order chi connectivity index (χ0) is 44.6. The van der Waals surface area contributed by atoms with Gasteiger partial charge in [0.2, 0.25) is 0 Å². The number of nitrogens with zero attached hydrogens (tertiary/aromatic N) is 2. The van der Waals surface area contributed by atoms with Crippen molar-refractivity contribution < 1.29 is 8.83 Å². The number of fused-ring (bicyclic) bond motifs is 11. The average Bonchev–Trinajstić information content (AvgIpc) is 4.05. The molecular formula is C63H46N2O2. The maximum Gasteiger partial charge on any atom is 0.145 e. The fraction of sp³-hybridized carbons (Fsp3) is 0.0794. The third-order valence-corrected chi connectivity index (χ3v) is 14.2. The molecule has 13 rings (SSSR count). The summed E-state index contributed by atoms with van der Waals surface area (Å²) in [4.78, 5) is 4.87. The van der Waals surface area contributed by atoms with E-state index in [1.165, 1.54) is 27.8 Å². The molecule has 0 bridgehead atoms. The fourth-order valence-corrected chi connectivity index (χ4v) is 11.4. The van der Waals surface area contributed by atoms with Crippen molar-refractivity contribution in [3.63, 3.8) is 0 Å². The summed E-state index contributed by atoms with van der Waals surface area (Å²) < 4.78 is 14.8. The van der Waals surface area contributed by atoms with Gasteiger partial charge in [0.25, 0.3) is 0 Å². The van der Waals surface area contributed by atoms with Gasteiger partial charge in [-0.05, 0) is 127 Å². The molecule has 2 aliphatic carbocycles. The van der Waals surface area contributed by atoms with Crippen LogP contribution in [0.1, 0.15) is 34.2 Å². The first kappa shape index (κ1) is 39.1. The third kappa shape index (κ3) is 5.92. The highest BCUT2D eigenvalue weighted by atomic mass is 16.3. The normalized spacial score (nSPS) is 14.8. The van der Waals surface area contributed by atoms with Crippen LogP contribution in [-0.4, -0.2) is 0 Å². The molecule has 0 aliphatic heterocycles. The van der Waals surface area contributed by atoms with Gasteiger partial charge in [-0.1, -0.05) is 152 Å². The number of aryl methyl sites for hydroxylation is 2. The van der Waals surface area contributed by atoms with Crippen LogP contribution in [0, 0.1) is 19.8 Å². The first-order valence-electron chi connectivity index (χ1n) is 23.3. The van der Waals surface area contributed by atoms with Crippen molar-refractivity contribution in [1.82, 2.24) is 0 Å². The summed E-state index contributed by atoms with van der Waals surface area (Å²) in [6, 6.07) is 72.5. The topological polar surface area (TPSA) is 32.8 Å². The van der Waals surface area contributed by atoms with E-state index in [1.54, 1.807) is 0 Å². The Balaban J connectivity index is 1.26. The maximum atomic E-state index is 7.40. The summed E-state index contributed by atoms with van der Waals surface area (Å²) in [5, 5.41) is 4.26. The quantitative estimate of drug-likeness (QED) is 0.152.